The number of aromatic nitrogens is 5. The Labute approximate surface area is 178 Å². The minimum Gasteiger partial charge on any atom is -0.472 e. The van der Waals surface area contributed by atoms with Crippen molar-refractivity contribution in [1.29, 1.82) is 0 Å². The van der Waals surface area contributed by atoms with Crippen LogP contribution in [0.4, 0.5) is 5.82 Å². The molecule has 1 aliphatic heterocycles. The SMILES string of the molecule is CN1CC(Oc2cc(C(=O)Nc3cc4cc(-c5cn(C)nn5)ccc4cn3)ccn2)C1. The molecule has 1 aliphatic rings. The maximum atomic E-state index is 12.8. The zero-order valence-electron chi connectivity index (χ0n) is 17.2. The number of carbonyl (C=O) groups is 1. The van der Waals surface area contributed by atoms with Crippen molar-refractivity contribution in [2.45, 2.75) is 6.10 Å². The van der Waals surface area contributed by atoms with Gasteiger partial charge in [-0.3, -0.25) is 14.4 Å². The number of benzene rings is 1. The number of pyridine rings is 2. The summed E-state index contributed by atoms with van der Waals surface area (Å²) in [7, 11) is 3.86. The number of amides is 1. The summed E-state index contributed by atoms with van der Waals surface area (Å²) in [6, 6.07) is 11.1. The summed E-state index contributed by atoms with van der Waals surface area (Å²) in [5.74, 6) is 0.648. The zero-order chi connectivity index (χ0) is 21.4. The molecule has 0 bridgehead atoms. The normalized spacial score (nSPS) is 14.4. The van der Waals surface area contributed by atoms with Crippen LogP contribution < -0.4 is 10.1 Å². The van der Waals surface area contributed by atoms with Gasteiger partial charge in [0.1, 0.15) is 17.6 Å². The summed E-state index contributed by atoms with van der Waals surface area (Å²) in [5, 5.41) is 12.9. The van der Waals surface area contributed by atoms with E-state index in [9.17, 15) is 4.79 Å². The third kappa shape index (κ3) is 4.08. The van der Waals surface area contributed by atoms with Gasteiger partial charge in [0.15, 0.2) is 0 Å². The predicted octanol–water partition coefficient (Wildman–Crippen LogP) is 2.37. The quantitative estimate of drug-likeness (QED) is 0.534. The predicted molar refractivity (Wildman–Crippen MR) is 116 cm³/mol. The molecule has 1 amide bonds. The molecule has 0 radical (unpaired) electrons. The lowest BCUT2D eigenvalue weighted by Gasteiger charge is -2.35. The molecule has 1 fully saturated rings. The summed E-state index contributed by atoms with van der Waals surface area (Å²) in [5.41, 5.74) is 2.20. The van der Waals surface area contributed by atoms with E-state index in [0.717, 1.165) is 35.1 Å². The molecule has 9 nitrogen and oxygen atoms in total. The van der Waals surface area contributed by atoms with Crippen molar-refractivity contribution in [3.63, 3.8) is 0 Å². The molecule has 3 aromatic heterocycles. The highest BCUT2D eigenvalue weighted by atomic mass is 16.5. The van der Waals surface area contributed by atoms with Crippen LogP contribution in [0.1, 0.15) is 10.4 Å². The fraction of sp³-hybridized carbons (Fsp3) is 0.227. The molecule has 5 rings (SSSR count). The molecular weight excluding hydrogens is 394 g/mol. The van der Waals surface area contributed by atoms with Gasteiger partial charge < -0.3 is 10.1 Å². The molecule has 0 atom stereocenters. The molecule has 4 aromatic rings. The summed E-state index contributed by atoms with van der Waals surface area (Å²) in [6.07, 6.45) is 5.28. The van der Waals surface area contributed by atoms with Gasteiger partial charge in [0, 0.05) is 55.1 Å². The number of rotatable bonds is 5. The minimum absolute atomic E-state index is 0.112. The molecule has 0 spiro atoms. The van der Waals surface area contributed by atoms with E-state index in [4.69, 9.17) is 4.74 Å². The highest BCUT2D eigenvalue weighted by Crippen LogP contribution is 2.24. The van der Waals surface area contributed by atoms with Crippen molar-refractivity contribution in [3.05, 3.63) is 60.6 Å². The highest BCUT2D eigenvalue weighted by molar-refractivity contribution is 6.04. The molecule has 1 N–H and O–H groups in total. The highest BCUT2D eigenvalue weighted by Gasteiger charge is 2.25. The van der Waals surface area contributed by atoms with Crippen molar-refractivity contribution in [2.75, 3.05) is 25.5 Å². The van der Waals surface area contributed by atoms with Crippen LogP contribution in [-0.4, -0.2) is 62.0 Å². The van der Waals surface area contributed by atoms with Crippen LogP contribution in [0.2, 0.25) is 0 Å². The number of anilines is 1. The zero-order valence-corrected chi connectivity index (χ0v) is 17.2. The summed E-state index contributed by atoms with van der Waals surface area (Å²) in [6.45, 7) is 1.71. The third-order valence-electron chi connectivity index (χ3n) is 5.18. The van der Waals surface area contributed by atoms with Crippen LogP contribution in [0.5, 0.6) is 5.88 Å². The first-order valence-electron chi connectivity index (χ1n) is 9.92. The topological polar surface area (TPSA) is 98.1 Å². The Balaban J connectivity index is 1.34. The Kier molecular flexibility index (Phi) is 4.79. The Hall–Kier alpha value is -3.85. The second kappa shape index (κ2) is 7.77. The second-order valence-electron chi connectivity index (χ2n) is 7.71. The minimum atomic E-state index is -0.269. The lowest BCUT2D eigenvalue weighted by molar-refractivity contribution is 0.0355. The number of hydrogen-bond acceptors (Lipinski definition) is 7. The van der Waals surface area contributed by atoms with E-state index in [-0.39, 0.29) is 12.0 Å². The van der Waals surface area contributed by atoms with Crippen molar-refractivity contribution < 1.29 is 9.53 Å². The van der Waals surface area contributed by atoms with Gasteiger partial charge in [-0.2, -0.15) is 0 Å². The molecule has 31 heavy (non-hydrogen) atoms. The molecule has 0 aliphatic carbocycles. The van der Waals surface area contributed by atoms with Crippen molar-refractivity contribution >= 4 is 22.5 Å². The Morgan fingerprint density at radius 1 is 1.10 bits per heavy atom. The first-order chi connectivity index (χ1) is 15.0. The van der Waals surface area contributed by atoms with Gasteiger partial charge in [0.2, 0.25) is 5.88 Å². The van der Waals surface area contributed by atoms with Gasteiger partial charge in [-0.05, 0) is 30.6 Å². The van der Waals surface area contributed by atoms with Crippen molar-refractivity contribution in [1.82, 2.24) is 29.9 Å². The van der Waals surface area contributed by atoms with E-state index < -0.39 is 0 Å². The van der Waals surface area contributed by atoms with Gasteiger partial charge in [-0.1, -0.05) is 17.3 Å². The fourth-order valence-electron chi connectivity index (χ4n) is 3.54. The number of likely N-dealkylation sites (tertiary alicyclic amines) is 1. The fourth-order valence-corrected chi connectivity index (χ4v) is 3.54. The van der Waals surface area contributed by atoms with Crippen LogP contribution in [0.25, 0.3) is 22.0 Å². The number of nitrogens with zero attached hydrogens (tertiary/aromatic N) is 6. The van der Waals surface area contributed by atoms with E-state index in [0.29, 0.717) is 17.3 Å². The van der Waals surface area contributed by atoms with E-state index >= 15 is 0 Å². The second-order valence-corrected chi connectivity index (χ2v) is 7.71. The number of ether oxygens (including phenoxy) is 1. The maximum absolute atomic E-state index is 12.8. The molecule has 0 saturated carbocycles. The Morgan fingerprint density at radius 2 is 1.97 bits per heavy atom. The molecule has 1 aromatic carbocycles. The molecule has 4 heterocycles. The van der Waals surface area contributed by atoms with E-state index in [1.54, 1.807) is 29.2 Å². The van der Waals surface area contributed by atoms with Gasteiger partial charge in [-0.25, -0.2) is 9.97 Å². The maximum Gasteiger partial charge on any atom is 0.257 e. The standard InChI is InChI=1S/C22H21N7O2/c1-28-11-18(12-28)31-21-9-15(5-6-23-21)22(30)25-20-8-17-7-14(3-4-16(17)10-24-20)19-13-29(2)27-26-19/h3-10,13,18H,11-12H2,1-2H3,(H,24,25,30). The Bertz CT molecular complexity index is 1260. The van der Waals surface area contributed by atoms with Crippen molar-refractivity contribution in [3.8, 4) is 17.1 Å². The average Bonchev–Trinajstić information content (AvgIpc) is 3.19. The molecule has 156 valence electrons. The monoisotopic (exact) mass is 415 g/mol. The van der Waals surface area contributed by atoms with E-state index in [1.807, 2.05) is 44.6 Å². The molecular formula is C22H21N7O2. The summed E-state index contributed by atoms with van der Waals surface area (Å²) in [4.78, 5) is 23.5. The number of hydrogen-bond donors (Lipinski definition) is 1. The largest absolute Gasteiger partial charge is 0.472 e. The molecule has 0 unspecified atom stereocenters. The first kappa shape index (κ1) is 19.1. The van der Waals surface area contributed by atoms with Crippen LogP contribution in [0.15, 0.2) is 55.0 Å². The number of nitrogens with one attached hydrogen (secondary N) is 1. The summed E-state index contributed by atoms with van der Waals surface area (Å²) >= 11 is 0. The Morgan fingerprint density at radius 3 is 2.74 bits per heavy atom. The van der Waals surface area contributed by atoms with Crippen LogP contribution in [0, 0.1) is 0 Å². The number of aryl methyl sites for hydroxylation is 1. The first-order valence-corrected chi connectivity index (χ1v) is 9.92. The van der Waals surface area contributed by atoms with E-state index in [2.05, 4.69) is 30.5 Å². The smallest absolute Gasteiger partial charge is 0.257 e. The average molecular weight is 415 g/mol. The van der Waals surface area contributed by atoms with Crippen LogP contribution in [-0.2, 0) is 7.05 Å². The van der Waals surface area contributed by atoms with Crippen LogP contribution in [0.3, 0.4) is 0 Å². The van der Waals surface area contributed by atoms with Gasteiger partial charge in [0.25, 0.3) is 5.91 Å². The van der Waals surface area contributed by atoms with Gasteiger partial charge in [-0.15, -0.1) is 5.10 Å². The van der Waals surface area contributed by atoms with E-state index in [1.165, 1.54) is 0 Å². The lowest BCUT2D eigenvalue weighted by Crippen LogP contribution is -2.51. The number of carbonyl (C=O) groups excluding carboxylic acids is 1. The molecule has 1 saturated heterocycles. The van der Waals surface area contributed by atoms with Crippen LogP contribution >= 0.6 is 0 Å². The number of fused-ring (bicyclic) bond motifs is 1. The number of likely N-dealkylation sites (N-methyl/N-ethyl adjacent to an activating group) is 1. The van der Waals surface area contributed by atoms with Gasteiger partial charge in [0.05, 0.1) is 6.20 Å². The van der Waals surface area contributed by atoms with Gasteiger partial charge >= 0.3 is 0 Å². The third-order valence-corrected chi connectivity index (χ3v) is 5.18. The van der Waals surface area contributed by atoms with Crippen molar-refractivity contribution in [2.24, 2.45) is 7.05 Å². The summed E-state index contributed by atoms with van der Waals surface area (Å²) < 4.78 is 7.48. The molecule has 9 heteroatoms. The lowest BCUT2D eigenvalue weighted by atomic mass is 10.1.